The minimum absolute atomic E-state index is 0.217. The Bertz CT molecular complexity index is 892. The molecule has 0 fully saturated rings. The number of amides is 1. The second-order valence-corrected chi connectivity index (χ2v) is 6.93. The molecule has 27 heavy (non-hydrogen) atoms. The minimum Gasteiger partial charge on any atom is -0.478 e. The standard InChI is InChI=1S/C20H19N3O3S/c24-18(25)10-7-14-5-8-16(9-6-14)22-19(26)15-3-1-4-17(13-15)23-20-21-11-2-12-27-20/h1,3-10,13H,2,11-12H2,(H,21,23)(H,22,26)(H,24,25). The molecule has 1 heterocycles. The quantitative estimate of drug-likeness (QED) is 0.683. The number of anilines is 2. The zero-order chi connectivity index (χ0) is 19.1. The second kappa shape index (κ2) is 9.05. The van der Waals surface area contributed by atoms with Crippen molar-refractivity contribution in [2.75, 3.05) is 22.9 Å². The molecule has 0 unspecified atom stereocenters. The van der Waals surface area contributed by atoms with E-state index >= 15 is 0 Å². The van der Waals surface area contributed by atoms with Gasteiger partial charge in [-0.3, -0.25) is 9.79 Å². The van der Waals surface area contributed by atoms with E-state index in [9.17, 15) is 9.59 Å². The number of benzene rings is 2. The van der Waals surface area contributed by atoms with E-state index < -0.39 is 5.97 Å². The van der Waals surface area contributed by atoms with Crippen molar-refractivity contribution in [3.05, 3.63) is 65.7 Å². The predicted octanol–water partition coefficient (Wildman–Crippen LogP) is 3.94. The van der Waals surface area contributed by atoms with Crippen LogP contribution in [0.4, 0.5) is 11.4 Å². The number of hydrogen-bond acceptors (Lipinski definition) is 5. The molecule has 138 valence electrons. The minimum atomic E-state index is -1.00. The van der Waals surface area contributed by atoms with E-state index in [0.29, 0.717) is 11.3 Å². The molecule has 0 saturated carbocycles. The maximum Gasteiger partial charge on any atom is 0.328 e. The summed E-state index contributed by atoms with van der Waals surface area (Å²) in [4.78, 5) is 27.5. The largest absolute Gasteiger partial charge is 0.478 e. The van der Waals surface area contributed by atoms with E-state index in [1.807, 2.05) is 12.1 Å². The lowest BCUT2D eigenvalue weighted by atomic mass is 10.1. The highest BCUT2D eigenvalue weighted by Gasteiger charge is 2.09. The van der Waals surface area contributed by atoms with Crippen LogP contribution < -0.4 is 10.6 Å². The first-order valence-electron chi connectivity index (χ1n) is 8.47. The highest BCUT2D eigenvalue weighted by Crippen LogP contribution is 2.18. The fourth-order valence-electron chi connectivity index (χ4n) is 2.45. The summed E-state index contributed by atoms with van der Waals surface area (Å²) >= 11 is 1.68. The number of carboxylic acids is 1. The van der Waals surface area contributed by atoms with E-state index in [2.05, 4.69) is 15.6 Å². The predicted molar refractivity (Wildman–Crippen MR) is 111 cm³/mol. The molecule has 0 aromatic heterocycles. The first kappa shape index (κ1) is 18.7. The number of hydrogen-bond donors (Lipinski definition) is 3. The molecule has 2 aromatic rings. The maximum atomic E-state index is 12.5. The molecule has 3 rings (SSSR count). The maximum absolute atomic E-state index is 12.5. The lowest BCUT2D eigenvalue weighted by molar-refractivity contribution is -0.131. The highest BCUT2D eigenvalue weighted by molar-refractivity contribution is 8.14. The van der Waals surface area contributed by atoms with Gasteiger partial charge in [-0.2, -0.15) is 0 Å². The number of aliphatic imine (C=N–C) groups is 1. The summed E-state index contributed by atoms with van der Waals surface area (Å²) in [5.74, 6) is -0.173. The van der Waals surface area contributed by atoms with Gasteiger partial charge in [0.05, 0.1) is 0 Å². The Balaban J connectivity index is 1.64. The van der Waals surface area contributed by atoms with Crippen LogP contribution in [-0.4, -0.2) is 34.4 Å². The van der Waals surface area contributed by atoms with Gasteiger partial charge in [0.25, 0.3) is 5.91 Å². The molecule has 1 aliphatic rings. The molecule has 0 spiro atoms. The van der Waals surface area contributed by atoms with Crippen molar-refractivity contribution in [3.63, 3.8) is 0 Å². The summed E-state index contributed by atoms with van der Waals surface area (Å²) in [6.07, 6.45) is 3.65. The van der Waals surface area contributed by atoms with Crippen LogP contribution in [0, 0.1) is 0 Å². The van der Waals surface area contributed by atoms with Gasteiger partial charge in [0.15, 0.2) is 5.17 Å². The van der Waals surface area contributed by atoms with E-state index in [1.54, 1.807) is 48.2 Å². The first-order chi connectivity index (χ1) is 13.1. The van der Waals surface area contributed by atoms with Gasteiger partial charge in [0.1, 0.15) is 0 Å². The Hall–Kier alpha value is -3.06. The number of thioether (sulfide) groups is 1. The molecule has 0 saturated heterocycles. The van der Waals surface area contributed by atoms with Crippen molar-refractivity contribution in [1.29, 1.82) is 0 Å². The van der Waals surface area contributed by atoms with Gasteiger partial charge >= 0.3 is 5.97 Å². The van der Waals surface area contributed by atoms with Gasteiger partial charge in [0, 0.05) is 35.3 Å². The molecule has 2 aromatic carbocycles. The van der Waals surface area contributed by atoms with Crippen LogP contribution in [-0.2, 0) is 4.79 Å². The number of rotatable bonds is 5. The average molecular weight is 381 g/mol. The molecule has 0 aliphatic carbocycles. The molecule has 0 bridgehead atoms. The van der Waals surface area contributed by atoms with Crippen molar-refractivity contribution < 1.29 is 14.7 Å². The number of nitrogens with zero attached hydrogens (tertiary/aromatic N) is 1. The molecule has 1 aliphatic heterocycles. The number of carbonyl (C=O) groups is 2. The molecule has 0 radical (unpaired) electrons. The molecule has 1 amide bonds. The number of amidine groups is 1. The van der Waals surface area contributed by atoms with E-state index in [0.717, 1.165) is 41.2 Å². The molecule has 0 atom stereocenters. The normalized spacial score (nSPS) is 13.9. The summed E-state index contributed by atoms with van der Waals surface area (Å²) in [7, 11) is 0. The highest BCUT2D eigenvalue weighted by atomic mass is 32.2. The van der Waals surface area contributed by atoms with Crippen molar-refractivity contribution >= 4 is 46.3 Å². The van der Waals surface area contributed by atoms with Crippen molar-refractivity contribution in [1.82, 2.24) is 0 Å². The van der Waals surface area contributed by atoms with Gasteiger partial charge in [-0.05, 0) is 48.4 Å². The zero-order valence-electron chi connectivity index (χ0n) is 14.5. The van der Waals surface area contributed by atoms with Crippen LogP contribution in [0.1, 0.15) is 22.3 Å². The molecule has 6 nitrogen and oxygen atoms in total. The van der Waals surface area contributed by atoms with Crippen LogP contribution in [0.25, 0.3) is 6.08 Å². The SMILES string of the molecule is O=C(O)C=Cc1ccc(NC(=O)c2cccc(NC3=NCCCS3)c2)cc1. The Morgan fingerprint density at radius 3 is 2.63 bits per heavy atom. The zero-order valence-corrected chi connectivity index (χ0v) is 15.3. The summed E-state index contributed by atoms with van der Waals surface area (Å²) in [6, 6.07) is 14.2. The third-order valence-corrected chi connectivity index (χ3v) is 4.76. The molecule has 3 N–H and O–H groups in total. The van der Waals surface area contributed by atoms with Crippen molar-refractivity contribution in [3.8, 4) is 0 Å². The fourth-order valence-corrected chi connectivity index (χ4v) is 3.28. The Kier molecular flexibility index (Phi) is 6.27. The van der Waals surface area contributed by atoms with E-state index in [1.165, 1.54) is 6.08 Å². The molecule has 7 heteroatoms. The second-order valence-electron chi connectivity index (χ2n) is 5.84. The number of nitrogens with one attached hydrogen (secondary N) is 2. The summed E-state index contributed by atoms with van der Waals surface area (Å²) in [5, 5.41) is 15.6. The van der Waals surface area contributed by atoms with Gasteiger partial charge < -0.3 is 15.7 Å². The third kappa shape index (κ3) is 5.72. The fraction of sp³-hybridized carbons (Fsp3) is 0.150. The summed E-state index contributed by atoms with van der Waals surface area (Å²) in [5.41, 5.74) is 2.74. The van der Waals surface area contributed by atoms with Gasteiger partial charge in [-0.15, -0.1) is 0 Å². The molecular weight excluding hydrogens is 362 g/mol. The van der Waals surface area contributed by atoms with Crippen LogP contribution in [0.5, 0.6) is 0 Å². The number of carboxylic acid groups (broad SMARTS) is 1. The van der Waals surface area contributed by atoms with Crippen LogP contribution in [0.15, 0.2) is 59.6 Å². The number of carbonyl (C=O) groups excluding carboxylic acids is 1. The summed E-state index contributed by atoms with van der Waals surface area (Å²) in [6.45, 7) is 0.827. The lowest BCUT2D eigenvalue weighted by Gasteiger charge is -2.14. The van der Waals surface area contributed by atoms with Crippen LogP contribution >= 0.6 is 11.8 Å². The summed E-state index contributed by atoms with van der Waals surface area (Å²) < 4.78 is 0. The van der Waals surface area contributed by atoms with Gasteiger partial charge in [0.2, 0.25) is 0 Å². The van der Waals surface area contributed by atoms with Crippen LogP contribution in [0.2, 0.25) is 0 Å². The van der Waals surface area contributed by atoms with E-state index in [-0.39, 0.29) is 5.91 Å². The molecular formula is C20H19N3O3S. The smallest absolute Gasteiger partial charge is 0.328 e. The number of aliphatic carboxylic acids is 1. The van der Waals surface area contributed by atoms with Gasteiger partial charge in [-0.1, -0.05) is 30.0 Å². The lowest BCUT2D eigenvalue weighted by Crippen LogP contribution is -2.15. The van der Waals surface area contributed by atoms with Crippen LogP contribution in [0.3, 0.4) is 0 Å². The average Bonchev–Trinajstić information content (AvgIpc) is 2.68. The monoisotopic (exact) mass is 381 g/mol. The third-order valence-electron chi connectivity index (χ3n) is 3.76. The van der Waals surface area contributed by atoms with E-state index in [4.69, 9.17) is 5.11 Å². The Morgan fingerprint density at radius 1 is 1.11 bits per heavy atom. The van der Waals surface area contributed by atoms with Crippen molar-refractivity contribution in [2.45, 2.75) is 6.42 Å². The first-order valence-corrected chi connectivity index (χ1v) is 9.45. The Labute approximate surface area is 161 Å². The van der Waals surface area contributed by atoms with Gasteiger partial charge in [-0.25, -0.2) is 4.79 Å². The van der Waals surface area contributed by atoms with Crippen molar-refractivity contribution in [2.24, 2.45) is 4.99 Å². The topological polar surface area (TPSA) is 90.8 Å². The Morgan fingerprint density at radius 2 is 1.93 bits per heavy atom.